The average Bonchev–Trinajstić information content (AvgIpc) is 3.15. The van der Waals surface area contributed by atoms with Crippen LogP contribution in [0.15, 0.2) is 18.2 Å². The smallest absolute Gasteiger partial charge is 0.406 e. The Morgan fingerprint density at radius 1 is 1.10 bits per heavy atom. The highest BCUT2D eigenvalue weighted by Crippen LogP contribution is 2.32. The first-order chi connectivity index (χ1) is 13.9. The van der Waals surface area contributed by atoms with Gasteiger partial charge in [-0.15, -0.1) is 13.2 Å². The van der Waals surface area contributed by atoms with Crippen molar-refractivity contribution in [2.75, 3.05) is 19.8 Å². The van der Waals surface area contributed by atoms with Crippen LogP contribution in [0.4, 0.5) is 13.2 Å². The number of nitrogens with zero attached hydrogens (tertiary/aromatic N) is 1. The molecule has 0 radical (unpaired) electrons. The Bertz CT molecular complexity index is 734. The number of alkyl halides is 3. The van der Waals surface area contributed by atoms with Gasteiger partial charge in [0.2, 0.25) is 5.91 Å². The van der Waals surface area contributed by atoms with Crippen molar-refractivity contribution in [3.8, 4) is 5.75 Å². The van der Waals surface area contributed by atoms with Crippen molar-refractivity contribution >= 4 is 5.91 Å². The lowest BCUT2D eigenvalue weighted by Crippen LogP contribution is -2.42. The van der Waals surface area contributed by atoms with Crippen molar-refractivity contribution < 1.29 is 27.4 Å². The lowest BCUT2D eigenvalue weighted by molar-refractivity contribution is -0.274. The number of nitrogens with one attached hydrogen (secondary N) is 1. The monoisotopic (exact) mass is 412 g/mol. The predicted octanol–water partition coefficient (Wildman–Crippen LogP) is 3.41. The van der Waals surface area contributed by atoms with Gasteiger partial charge in [0.1, 0.15) is 5.75 Å². The maximum Gasteiger partial charge on any atom is 0.573 e. The van der Waals surface area contributed by atoms with Gasteiger partial charge in [-0.3, -0.25) is 4.79 Å². The van der Waals surface area contributed by atoms with Crippen LogP contribution in [0.2, 0.25) is 0 Å². The van der Waals surface area contributed by atoms with Crippen LogP contribution < -0.4 is 10.1 Å². The second-order valence-electron chi connectivity index (χ2n) is 8.25. The summed E-state index contributed by atoms with van der Waals surface area (Å²) in [7, 11) is 0. The van der Waals surface area contributed by atoms with Gasteiger partial charge in [-0.1, -0.05) is 6.07 Å². The summed E-state index contributed by atoms with van der Waals surface area (Å²) in [5.74, 6) is -0.121. The summed E-state index contributed by atoms with van der Waals surface area (Å²) in [6, 6.07) is 5.24. The van der Waals surface area contributed by atoms with Crippen LogP contribution in [-0.4, -0.2) is 49.0 Å². The van der Waals surface area contributed by atoms with Crippen LogP contribution >= 0.6 is 0 Å². The molecule has 1 aromatic carbocycles. The molecule has 0 bridgehead atoms. The van der Waals surface area contributed by atoms with Crippen LogP contribution in [0.25, 0.3) is 0 Å². The fraction of sp³-hybridized carbons (Fsp3) is 0.667. The first kappa shape index (κ1) is 20.5. The van der Waals surface area contributed by atoms with Gasteiger partial charge in [-0.2, -0.15) is 0 Å². The molecule has 2 heterocycles. The number of halogens is 3. The molecule has 1 aliphatic carbocycles. The summed E-state index contributed by atoms with van der Waals surface area (Å²) in [5, 5.41) is 3.68. The van der Waals surface area contributed by atoms with Gasteiger partial charge < -0.3 is 19.7 Å². The second kappa shape index (κ2) is 8.52. The minimum atomic E-state index is -4.71. The molecule has 1 saturated carbocycles. The van der Waals surface area contributed by atoms with Gasteiger partial charge in [0.15, 0.2) is 0 Å². The minimum absolute atomic E-state index is 0.0106. The quantitative estimate of drug-likeness (QED) is 0.824. The molecule has 2 atom stereocenters. The number of carbonyl (C=O) groups is 1. The number of hydrogen-bond acceptors (Lipinski definition) is 4. The lowest BCUT2D eigenvalue weighted by Gasteiger charge is -2.31. The molecule has 8 heteroatoms. The Balaban J connectivity index is 1.34. The van der Waals surface area contributed by atoms with Crippen LogP contribution in [0.3, 0.4) is 0 Å². The van der Waals surface area contributed by atoms with E-state index in [1.807, 2.05) is 0 Å². The van der Waals surface area contributed by atoms with Gasteiger partial charge in [-0.25, -0.2) is 0 Å². The summed E-state index contributed by atoms with van der Waals surface area (Å²) in [4.78, 5) is 14.8. The van der Waals surface area contributed by atoms with E-state index in [0.29, 0.717) is 31.6 Å². The standard InChI is InChI=1S/C21H27F3N2O3/c22-21(23,24)29-19-4-2-14-5-8-26(13-16(14)12-19)20(27)15-1-3-18(11-15)25-17-6-9-28-10-7-17/h2,4,12,15,17-18,25H,1,3,5-11,13H2. The molecular weight excluding hydrogens is 385 g/mol. The first-order valence-electron chi connectivity index (χ1n) is 10.4. The molecule has 2 aliphatic heterocycles. The van der Waals surface area contributed by atoms with Crippen molar-refractivity contribution in [1.29, 1.82) is 0 Å². The Kier molecular flexibility index (Phi) is 6.01. The van der Waals surface area contributed by atoms with Crippen molar-refractivity contribution in [3.63, 3.8) is 0 Å². The highest BCUT2D eigenvalue weighted by atomic mass is 19.4. The van der Waals surface area contributed by atoms with Crippen molar-refractivity contribution in [2.45, 2.75) is 63.5 Å². The van der Waals surface area contributed by atoms with E-state index < -0.39 is 6.36 Å². The molecule has 2 fully saturated rings. The van der Waals surface area contributed by atoms with E-state index in [9.17, 15) is 18.0 Å². The zero-order valence-electron chi connectivity index (χ0n) is 16.3. The summed E-state index contributed by atoms with van der Waals surface area (Å²) < 4.78 is 46.9. The zero-order valence-corrected chi connectivity index (χ0v) is 16.3. The molecule has 1 aromatic rings. The van der Waals surface area contributed by atoms with Crippen molar-refractivity contribution in [2.24, 2.45) is 5.92 Å². The first-order valence-corrected chi connectivity index (χ1v) is 10.4. The number of fused-ring (bicyclic) bond motifs is 1. The fourth-order valence-electron chi connectivity index (χ4n) is 4.73. The normalized spacial score (nSPS) is 25.7. The molecule has 29 heavy (non-hydrogen) atoms. The van der Waals surface area contributed by atoms with Crippen LogP contribution in [0.1, 0.15) is 43.2 Å². The minimum Gasteiger partial charge on any atom is -0.406 e. The number of rotatable bonds is 4. The van der Waals surface area contributed by atoms with Gasteiger partial charge in [-0.05, 0) is 61.8 Å². The van der Waals surface area contributed by atoms with E-state index in [-0.39, 0.29) is 17.6 Å². The predicted molar refractivity (Wildman–Crippen MR) is 100 cm³/mol. The van der Waals surface area contributed by atoms with Gasteiger partial charge in [0.05, 0.1) is 0 Å². The van der Waals surface area contributed by atoms with Crippen LogP contribution in [0, 0.1) is 5.92 Å². The van der Waals surface area contributed by atoms with Gasteiger partial charge in [0.25, 0.3) is 0 Å². The Hall–Kier alpha value is -1.80. The van der Waals surface area contributed by atoms with E-state index in [4.69, 9.17) is 4.74 Å². The third-order valence-corrected chi connectivity index (χ3v) is 6.21. The Labute approximate surface area is 168 Å². The molecular formula is C21H27F3N2O3. The van der Waals surface area contributed by atoms with E-state index in [1.165, 1.54) is 12.1 Å². The molecule has 160 valence electrons. The summed E-state index contributed by atoms with van der Waals surface area (Å²) in [6.45, 7) is 2.54. The topological polar surface area (TPSA) is 50.8 Å². The molecule has 0 aromatic heterocycles. The van der Waals surface area contributed by atoms with Gasteiger partial charge in [0, 0.05) is 44.3 Å². The Morgan fingerprint density at radius 3 is 2.66 bits per heavy atom. The third-order valence-electron chi connectivity index (χ3n) is 6.21. The molecule has 2 unspecified atom stereocenters. The van der Waals surface area contributed by atoms with Gasteiger partial charge >= 0.3 is 6.36 Å². The number of benzene rings is 1. The van der Waals surface area contributed by atoms with E-state index in [1.54, 1.807) is 11.0 Å². The molecule has 1 saturated heterocycles. The maximum absolute atomic E-state index is 13.0. The summed E-state index contributed by atoms with van der Waals surface area (Å²) in [5.41, 5.74) is 1.72. The fourth-order valence-corrected chi connectivity index (χ4v) is 4.73. The highest BCUT2D eigenvalue weighted by molar-refractivity contribution is 5.79. The molecule has 5 nitrogen and oxygen atoms in total. The van der Waals surface area contributed by atoms with Crippen LogP contribution in [0.5, 0.6) is 5.75 Å². The Morgan fingerprint density at radius 2 is 1.90 bits per heavy atom. The van der Waals surface area contributed by atoms with E-state index in [0.717, 1.165) is 56.4 Å². The number of ether oxygens (including phenoxy) is 2. The molecule has 1 N–H and O–H groups in total. The van der Waals surface area contributed by atoms with Crippen molar-refractivity contribution in [3.05, 3.63) is 29.3 Å². The number of carbonyl (C=O) groups excluding carboxylic acids is 1. The summed E-state index contributed by atoms with van der Waals surface area (Å²) in [6.07, 6.45) is 0.651. The molecule has 1 amide bonds. The average molecular weight is 412 g/mol. The largest absolute Gasteiger partial charge is 0.573 e. The van der Waals surface area contributed by atoms with Crippen molar-refractivity contribution in [1.82, 2.24) is 10.2 Å². The second-order valence-corrected chi connectivity index (χ2v) is 8.25. The zero-order chi connectivity index (χ0) is 20.4. The molecule has 0 spiro atoms. The number of amides is 1. The number of hydrogen-bond donors (Lipinski definition) is 1. The maximum atomic E-state index is 13.0. The third kappa shape index (κ3) is 5.22. The van der Waals surface area contributed by atoms with E-state index >= 15 is 0 Å². The lowest BCUT2D eigenvalue weighted by atomic mass is 9.97. The van der Waals surface area contributed by atoms with E-state index in [2.05, 4.69) is 10.1 Å². The molecule has 3 aliphatic rings. The van der Waals surface area contributed by atoms with Crippen LogP contribution in [-0.2, 0) is 22.5 Å². The highest BCUT2D eigenvalue weighted by Gasteiger charge is 2.35. The SMILES string of the molecule is O=C(C1CCC(NC2CCOCC2)C1)N1CCc2ccc(OC(F)(F)F)cc2C1. The molecule has 4 rings (SSSR count). The summed E-state index contributed by atoms with van der Waals surface area (Å²) >= 11 is 0.